The molecule has 0 amide bonds. The summed E-state index contributed by atoms with van der Waals surface area (Å²) in [6, 6.07) is 0. The molecule has 0 aromatic carbocycles. The van der Waals surface area contributed by atoms with Crippen molar-refractivity contribution in [2.75, 3.05) is 13.2 Å². The molecule has 0 saturated heterocycles. The molecule has 80 valence electrons. The fourth-order valence-electron chi connectivity index (χ4n) is 1.34. The van der Waals surface area contributed by atoms with Crippen molar-refractivity contribution >= 4 is 0 Å². The summed E-state index contributed by atoms with van der Waals surface area (Å²) in [5.41, 5.74) is 0.159. The summed E-state index contributed by atoms with van der Waals surface area (Å²) in [6.45, 7) is 12.1. The molecule has 0 bridgehead atoms. The summed E-state index contributed by atoms with van der Waals surface area (Å²) >= 11 is 0. The predicted molar refractivity (Wildman–Crippen MR) is 55.7 cm³/mol. The van der Waals surface area contributed by atoms with Crippen LogP contribution >= 0.6 is 0 Å². The SMILES string of the molecule is CCOC(OCC)C(C)(CC)CC. The zero-order valence-corrected chi connectivity index (χ0v) is 9.72. The topological polar surface area (TPSA) is 18.5 Å². The van der Waals surface area contributed by atoms with Crippen LogP contribution in [0.15, 0.2) is 0 Å². The maximum Gasteiger partial charge on any atom is 0.162 e. The third kappa shape index (κ3) is 3.65. The average Bonchev–Trinajstić information content (AvgIpc) is 2.16. The Kier molecular flexibility index (Phi) is 6.35. The molecule has 0 fully saturated rings. The number of hydrogen-bond acceptors (Lipinski definition) is 2. The van der Waals surface area contributed by atoms with Gasteiger partial charge in [0.25, 0.3) is 0 Å². The second kappa shape index (κ2) is 6.39. The van der Waals surface area contributed by atoms with E-state index in [4.69, 9.17) is 9.47 Å². The minimum atomic E-state index is -0.0440. The van der Waals surface area contributed by atoms with Crippen LogP contribution < -0.4 is 0 Å². The Bertz CT molecular complexity index is 113. The fourth-order valence-corrected chi connectivity index (χ4v) is 1.34. The zero-order chi connectivity index (χ0) is 10.3. The summed E-state index contributed by atoms with van der Waals surface area (Å²) in [6.07, 6.45) is 2.14. The van der Waals surface area contributed by atoms with Crippen LogP contribution in [0.25, 0.3) is 0 Å². The van der Waals surface area contributed by atoms with Crippen LogP contribution in [-0.4, -0.2) is 19.5 Å². The third-order valence-electron chi connectivity index (χ3n) is 2.82. The van der Waals surface area contributed by atoms with E-state index in [9.17, 15) is 0 Å². The van der Waals surface area contributed by atoms with Crippen LogP contribution in [0.3, 0.4) is 0 Å². The first-order chi connectivity index (χ1) is 6.14. The van der Waals surface area contributed by atoms with Gasteiger partial charge in [0.1, 0.15) is 0 Å². The van der Waals surface area contributed by atoms with E-state index >= 15 is 0 Å². The van der Waals surface area contributed by atoms with Crippen molar-refractivity contribution in [3.8, 4) is 0 Å². The molecule has 0 aromatic heterocycles. The maximum absolute atomic E-state index is 5.61. The van der Waals surface area contributed by atoms with E-state index in [0.29, 0.717) is 0 Å². The largest absolute Gasteiger partial charge is 0.352 e. The zero-order valence-electron chi connectivity index (χ0n) is 9.72. The number of rotatable bonds is 7. The smallest absolute Gasteiger partial charge is 0.162 e. The molecule has 0 saturated carbocycles. The van der Waals surface area contributed by atoms with Gasteiger partial charge in [0.05, 0.1) is 0 Å². The molecule has 2 nitrogen and oxygen atoms in total. The van der Waals surface area contributed by atoms with Gasteiger partial charge in [-0.25, -0.2) is 0 Å². The summed E-state index contributed by atoms with van der Waals surface area (Å²) in [5.74, 6) is 0. The molecule has 0 aliphatic carbocycles. The van der Waals surface area contributed by atoms with E-state index in [1.807, 2.05) is 13.8 Å². The van der Waals surface area contributed by atoms with Crippen molar-refractivity contribution in [1.82, 2.24) is 0 Å². The molecule has 0 spiro atoms. The van der Waals surface area contributed by atoms with E-state index in [1.54, 1.807) is 0 Å². The van der Waals surface area contributed by atoms with Crippen LogP contribution in [0, 0.1) is 5.41 Å². The van der Waals surface area contributed by atoms with Crippen molar-refractivity contribution in [1.29, 1.82) is 0 Å². The Labute approximate surface area is 82.6 Å². The Morgan fingerprint density at radius 2 is 1.31 bits per heavy atom. The van der Waals surface area contributed by atoms with Crippen LogP contribution in [-0.2, 0) is 9.47 Å². The van der Waals surface area contributed by atoms with Crippen molar-refractivity contribution < 1.29 is 9.47 Å². The molecule has 0 atom stereocenters. The fraction of sp³-hybridized carbons (Fsp3) is 1.00. The molecule has 0 rings (SSSR count). The molecule has 0 N–H and O–H groups in total. The standard InChI is InChI=1S/C11H24O2/c1-6-11(5,7-2)10(12-8-3)13-9-4/h10H,6-9H2,1-5H3. The Hall–Kier alpha value is -0.0800. The minimum absolute atomic E-state index is 0.0440. The monoisotopic (exact) mass is 188 g/mol. The van der Waals surface area contributed by atoms with Gasteiger partial charge in [-0.3, -0.25) is 0 Å². The molecule has 0 unspecified atom stereocenters. The van der Waals surface area contributed by atoms with Gasteiger partial charge in [0.15, 0.2) is 6.29 Å². The van der Waals surface area contributed by atoms with E-state index in [2.05, 4.69) is 20.8 Å². The minimum Gasteiger partial charge on any atom is -0.352 e. The summed E-state index contributed by atoms with van der Waals surface area (Å²) in [7, 11) is 0. The Balaban J connectivity index is 4.28. The highest BCUT2D eigenvalue weighted by Gasteiger charge is 2.31. The van der Waals surface area contributed by atoms with Crippen LogP contribution in [0.2, 0.25) is 0 Å². The molecule has 0 heterocycles. The molecular weight excluding hydrogens is 164 g/mol. The molecule has 0 aliphatic rings. The first-order valence-corrected chi connectivity index (χ1v) is 5.37. The second-order valence-electron chi connectivity index (χ2n) is 3.60. The summed E-state index contributed by atoms with van der Waals surface area (Å²) in [5, 5.41) is 0. The van der Waals surface area contributed by atoms with Gasteiger partial charge in [0, 0.05) is 18.6 Å². The lowest BCUT2D eigenvalue weighted by atomic mass is 9.84. The van der Waals surface area contributed by atoms with E-state index < -0.39 is 0 Å². The van der Waals surface area contributed by atoms with Gasteiger partial charge in [-0.05, 0) is 26.7 Å². The van der Waals surface area contributed by atoms with Crippen molar-refractivity contribution in [2.24, 2.45) is 5.41 Å². The lowest BCUT2D eigenvalue weighted by Crippen LogP contribution is -2.36. The van der Waals surface area contributed by atoms with Crippen LogP contribution in [0.5, 0.6) is 0 Å². The van der Waals surface area contributed by atoms with Gasteiger partial charge in [-0.1, -0.05) is 20.8 Å². The van der Waals surface area contributed by atoms with E-state index in [0.717, 1.165) is 26.1 Å². The highest BCUT2D eigenvalue weighted by Crippen LogP contribution is 2.32. The first kappa shape index (κ1) is 12.9. The highest BCUT2D eigenvalue weighted by atomic mass is 16.7. The third-order valence-corrected chi connectivity index (χ3v) is 2.82. The molecular formula is C11H24O2. The number of ether oxygens (including phenoxy) is 2. The number of hydrogen-bond donors (Lipinski definition) is 0. The van der Waals surface area contributed by atoms with Crippen molar-refractivity contribution in [2.45, 2.75) is 53.8 Å². The van der Waals surface area contributed by atoms with Gasteiger partial charge >= 0.3 is 0 Å². The molecule has 13 heavy (non-hydrogen) atoms. The van der Waals surface area contributed by atoms with Gasteiger partial charge < -0.3 is 9.47 Å². The van der Waals surface area contributed by atoms with Gasteiger partial charge in [0.2, 0.25) is 0 Å². The Morgan fingerprint density at radius 1 is 0.923 bits per heavy atom. The maximum atomic E-state index is 5.61. The predicted octanol–water partition coefficient (Wildman–Crippen LogP) is 3.21. The second-order valence-corrected chi connectivity index (χ2v) is 3.60. The van der Waals surface area contributed by atoms with Crippen LogP contribution in [0.4, 0.5) is 0 Å². The van der Waals surface area contributed by atoms with Gasteiger partial charge in [-0.2, -0.15) is 0 Å². The lowest BCUT2D eigenvalue weighted by Gasteiger charge is -2.35. The Morgan fingerprint density at radius 3 is 1.54 bits per heavy atom. The van der Waals surface area contributed by atoms with Crippen molar-refractivity contribution in [3.05, 3.63) is 0 Å². The van der Waals surface area contributed by atoms with Crippen molar-refractivity contribution in [3.63, 3.8) is 0 Å². The molecule has 0 radical (unpaired) electrons. The summed E-state index contributed by atoms with van der Waals surface area (Å²) < 4.78 is 11.2. The molecule has 0 aliphatic heterocycles. The average molecular weight is 188 g/mol. The van der Waals surface area contributed by atoms with E-state index in [1.165, 1.54) is 0 Å². The summed E-state index contributed by atoms with van der Waals surface area (Å²) in [4.78, 5) is 0. The molecule has 0 aromatic rings. The van der Waals surface area contributed by atoms with Gasteiger partial charge in [-0.15, -0.1) is 0 Å². The normalized spacial score (nSPS) is 12.5. The quantitative estimate of drug-likeness (QED) is 0.571. The molecule has 2 heteroatoms. The highest BCUT2D eigenvalue weighted by molar-refractivity contribution is 4.75. The lowest BCUT2D eigenvalue weighted by molar-refractivity contribution is -0.201. The first-order valence-electron chi connectivity index (χ1n) is 5.37. The van der Waals surface area contributed by atoms with E-state index in [-0.39, 0.29) is 11.7 Å². The van der Waals surface area contributed by atoms with Crippen LogP contribution in [0.1, 0.15) is 47.5 Å².